The van der Waals surface area contributed by atoms with E-state index < -0.39 is 0 Å². The molecule has 0 atom stereocenters. The maximum atomic E-state index is 12.4. The molecule has 1 amide bonds. The van der Waals surface area contributed by atoms with E-state index in [0.717, 1.165) is 26.2 Å². The van der Waals surface area contributed by atoms with Gasteiger partial charge in [-0.2, -0.15) is 0 Å². The van der Waals surface area contributed by atoms with Crippen LogP contribution in [0.5, 0.6) is 11.5 Å². The van der Waals surface area contributed by atoms with Crippen LogP contribution in [0.2, 0.25) is 0 Å². The second-order valence-corrected chi connectivity index (χ2v) is 4.77. The van der Waals surface area contributed by atoms with Crippen molar-refractivity contribution in [1.29, 1.82) is 0 Å². The number of ether oxygens (including phenoxy) is 2. The van der Waals surface area contributed by atoms with Gasteiger partial charge in [-0.05, 0) is 19.2 Å². The zero-order chi connectivity index (χ0) is 14.5. The average Bonchev–Trinajstić information content (AvgIpc) is 2.48. The van der Waals surface area contributed by atoms with Crippen LogP contribution in [0.1, 0.15) is 10.4 Å². The molecule has 0 spiro atoms. The lowest BCUT2D eigenvalue weighted by Gasteiger charge is -2.32. The van der Waals surface area contributed by atoms with Gasteiger partial charge in [-0.1, -0.05) is 6.07 Å². The summed E-state index contributed by atoms with van der Waals surface area (Å²) in [7, 11) is 5.16. The zero-order valence-corrected chi connectivity index (χ0v) is 12.2. The quantitative estimate of drug-likeness (QED) is 0.874. The highest BCUT2D eigenvalue weighted by Gasteiger charge is 2.21. The standard InChI is InChI=1S/C14H21N3O3/c1-16-7-9-17(10-8-16)15-14(18)13-11(19-2)5-4-6-12(13)20-3/h4-6H,7-10H2,1-3H3,(H,15,18). The van der Waals surface area contributed by atoms with Gasteiger partial charge in [-0.3, -0.25) is 10.2 Å². The summed E-state index contributed by atoms with van der Waals surface area (Å²) in [4.78, 5) is 14.7. The van der Waals surface area contributed by atoms with Crippen LogP contribution in [0.25, 0.3) is 0 Å². The Bertz CT molecular complexity index is 448. The number of hydrogen-bond donors (Lipinski definition) is 1. The third-order valence-corrected chi connectivity index (χ3v) is 3.42. The number of hydrazine groups is 1. The smallest absolute Gasteiger partial charge is 0.273 e. The first kappa shape index (κ1) is 14.6. The third-order valence-electron chi connectivity index (χ3n) is 3.42. The normalized spacial score (nSPS) is 16.8. The maximum absolute atomic E-state index is 12.4. The minimum absolute atomic E-state index is 0.205. The minimum atomic E-state index is -0.205. The Hall–Kier alpha value is -1.79. The molecule has 1 saturated heterocycles. The van der Waals surface area contributed by atoms with Crippen molar-refractivity contribution in [3.05, 3.63) is 23.8 Å². The minimum Gasteiger partial charge on any atom is -0.496 e. The highest BCUT2D eigenvalue weighted by Crippen LogP contribution is 2.28. The SMILES string of the molecule is COc1cccc(OC)c1C(=O)NN1CCN(C)CC1. The van der Waals surface area contributed by atoms with Crippen molar-refractivity contribution in [1.82, 2.24) is 15.3 Å². The fourth-order valence-electron chi connectivity index (χ4n) is 2.19. The molecule has 1 aromatic rings. The molecule has 0 unspecified atom stereocenters. The molecule has 1 N–H and O–H groups in total. The second-order valence-electron chi connectivity index (χ2n) is 4.77. The Morgan fingerprint density at radius 1 is 1.10 bits per heavy atom. The van der Waals surface area contributed by atoms with Crippen LogP contribution in [0.3, 0.4) is 0 Å². The van der Waals surface area contributed by atoms with Crippen molar-refractivity contribution in [3.63, 3.8) is 0 Å². The van der Waals surface area contributed by atoms with Gasteiger partial charge in [-0.25, -0.2) is 5.01 Å². The molecule has 1 aliphatic heterocycles. The lowest BCUT2D eigenvalue weighted by atomic mass is 10.1. The molecule has 2 rings (SSSR count). The molecule has 0 aromatic heterocycles. The maximum Gasteiger partial charge on any atom is 0.273 e. The number of carbonyl (C=O) groups is 1. The molecule has 1 aromatic carbocycles. The monoisotopic (exact) mass is 279 g/mol. The van der Waals surface area contributed by atoms with Gasteiger partial charge in [-0.15, -0.1) is 0 Å². The number of piperazine rings is 1. The first-order chi connectivity index (χ1) is 9.65. The van der Waals surface area contributed by atoms with E-state index in [1.165, 1.54) is 0 Å². The second kappa shape index (κ2) is 6.58. The molecule has 0 bridgehead atoms. The van der Waals surface area contributed by atoms with E-state index in [2.05, 4.69) is 17.4 Å². The number of benzene rings is 1. The van der Waals surface area contributed by atoms with Crippen LogP contribution in [0.15, 0.2) is 18.2 Å². The number of likely N-dealkylation sites (N-methyl/N-ethyl adjacent to an activating group) is 1. The molecule has 0 saturated carbocycles. The van der Waals surface area contributed by atoms with Crippen molar-refractivity contribution in [2.24, 2.45) is 0 Å². The molecule has 1 fully saturated rings. The fraction of sp³-hybridized carbons (Fsp3) is 0.500. The van der Waals surface area contributed by atoms with Gasteiger partial charge in [0, 0.05) is 26.2 Å². The van der Waals surface area contributed by atoms with Crippen LogP contribution >= 0.6 is 0 Å². The number of hydrogen-bond acceptors (Lipinski definition) is 5. The molecule has 1 heterocycles. The molecule has 20 heavy (non-hydrogen) atoms. The lowest BCUT2D eigenvalue weighted by molar-refractivity contribution is 0.0657. The van der Waals surface area contributed by atoms with Gasteiger partial charge in [0.1, 0.15) is 17.1 Å². The van der Waals surface area contributed by atoms with Crippen molar-refractivity contribution in [2.75, 3.05) is 47.4 Å². The summed E-state index contributed by atoms with van der Waals surface area (Å²) in [5.74, 6) is 0.816. The summed E-state index contributed by atoms with van der Waals surface area (Å²) in [6.07, 6.45) is 0. The van der Waals surface area contributed by atoms with E-state index in [9.17, 15) is 4.79 Å². The van der Waals surface area contributed by atoms with Crippen LogP contribution in [-0.2, 0) is 0 Å². The number of methoxy groups -OCH3 is 2. The molecule has 1 aliphatic rings. The van der Waals surface area contributed by atoms with Crippen LogP contribution in [0.4, 0.5) is 0 Å². The van der Waals surface area contributed by atoms with Crippen molar-refractivity contribution >= 4 is 5.91 Å². The van der Waals surface area contributed by atoms with Crippen molar-refractivity contribution in [2.45, 2.75) is 0 Å². The molecule has 6 nitrogen and oxygen atoms in total. The van der Waals surface area contributed by atoms with Gasteiger partial charge >= 0.3 is 0 Å². The number of nitrogens with zero attached hydrogens (tertiary/aromatic N) is 2. The molecule has 0 radical (unpaired) electrons. The Balaban J connectivity index is 2.12. The summed E-state index contributed by atoms with van der Waals surface area (Å²) in [5.41, 5.74) is 3.34. The fourth-order valence-corrected chi connectivity index (χ4v) is 2.19. The number of rotatable bonds is 4. The summed E-state index contributed by atoms with van der Waals surface area (Å²) >= 11 is 0. The summed E-state index contributed by atoms with van der Waals surface area (Å²) in [6, 6.07) is 5.30. The van der Waals surface area contributed by atoms with E-state index in [4.69, 9.17) is 9.47 Å². The van der Waals surface area contributed by atoms with Crippen LogP contribution in [-0.4, -0.2) is 63.3 Å². The number of nitrogens with one attached hydrogen (secondary N) is 1. The van der Waals surface area contributed by atoms with Gasteiger partial charge in [0.2, 0.25) is 0 Å². The van der Waals surface area contributed by atoms with E-state index in [1.807, 2.05) is 5.01 Å². The molecule has 6 heteroatoms. The number of carbonyl (C=O) groups excluding carboxylic acids is 1. The topological polar surface area (TPSA) is 54.0 Å². The Labute approximate surface area is 119 Å². The Kier molecular flexibility index (Phi) is 4.81. The Morgan fingerprint density at radius 3 is 2.15 bits per heavy atom. The molecular weight excluding hydrogens is 258 g/mol. The predicted octanol–water partition coefficient (Wildman–Crippen LogP) is 0.596. The highest BCUT2D eigenvalue weighted by atomic mass is 16.5. The lowest BCUT2D eigenvalue weighted by Crippen LogP contribution is -2.52. The van der Waals surface area contributed by atoms with Crippen molar-refractivity contribution in [3.8, 4) is 11.5 Å². The summed E-state index contributed by atoms with van der Waals surface area (Å²) < 4.78 is 10.5. The van der Waals surface area contributed by atoms with Gasteiger partial charge in [0.25, 0.3) is 5.91 Å². The first-order valence-electron chi connectivity index (χ1n) is 6.61. The summed E-state index contributed by atoms with van der Waals surface area (Å²) in [5, 5.41) is 1.92. The van der Waals surface area contributed by atoms with Crippen LogP contribution < -0.4 is 14.9 Å². The zero-order valence-electron chi connectivity index (χ0n) is 12.2. The first-order valence-corrected chi connectivity index (χ1v) is 6.61. The van der Waals surface area contributed by atoms with E-state index >= 15 is 0 Å². The van der Waals surface area contributed by atoms with E-state index in [1.54, 1.807) is 32.4 Å². The molecule has 0 aliphatic carbocycles. The largest absolute Gasteiger partial charge is 0.496 e. The van der Waals surface area contributed by atoms with E-state index in [0.29, 0.717) is 17.1 Å². The van der Waals surface area contributed by atoms with E-state index in [-0.39, 0.29) is 5.91 Å². The predicted molar refractivity (Wildman–Crippen MR) is 76.1 cm³/mol. The molecule has 110 valence electrons. The Morgan fingerprint density at radius 2 is 1.65 bits per heavy atom. The van der Waals surface area contributed by atoms with Gasteiger partial charge in [0.15, 0.2) is 0 Å². The number of amides is 1. The average molecular weight is 279 g/mol. The van der Waals surface area contributed by atoms with Gasteiger partial charge < -0.3 is 14.4 Å². The van der Waals surface area contributed by atoms with Gasteiger partial charge in [0.05, 0.1) is 14.2 Å². The van der Waals surface area contributed by atoms with Crippen LogP contribution in [0, 0.1) is 0 Å². The van der Waals surface area contributed by atoms with Crippen molar-refractivity contribution < 1.29 is 14.3 Å². The third kappa shape index (κ3) is 3.20. The summed E-state index contributed by atoms with van der Waals surface area (Å²) in [6.45, 7) is 3.48. The molecular formula is C14H21N3O3. The highest BCUT2D eigenvalue weighted by molar-refractivity contribution is 5.99.